The molecule has 3 unspecified atom stereocenters. The molecule has 1 aliphatic rings. The second kappa shape index (κ2) is 7.47. The summed E-state index contributed by atoms with van der Waals surface area (Å²) in [6, 6.07) is 2.92. The third kappa shape index (κ3) is 3.22. The first-order valence-electron chi connectivity index (χ1n) is 8.29. The Balaban J connectivity index is 1.93. The van der Waals surface area contributed by atoms with E-state index in [9.17, 15) is 14.0 Å². The first kappa shape index (κ1) is 17.8. The molecular weight excluding hydrogens is 339 g/mol. The number of carbonyl (C=O) groups excluding carboxylic acids is 2. The zero-order valence-corrected chi connectivity index (χ0v) is 14.2. The van der Waals surface area contributed by atoms with Crippen molar-refractivity contribution in [3.8, 4) is 5.88 Å². The Kier molecular flexibility index (Phi) is 5.11. The number of rotatable bonds is 6. The summed E-state index contributed by atoms with van der Waals surface area (Å²) < 4.78 is 19.7. The highest BCUT2D eigenvalue weighted by molar-refractivity contribution is 5.95. The van der Waals surface area contributed by atoms with E-state index < -0.39 is 24.0 Å². The molecule has 0 aromatic carbocycles. The molecule has 0 radical (unpaired) electrons. The van der Waals surface area contributed by atoms with Crippen LogP contribution in [0.5, 0.6) is 5.88 Å². The summed E-state index contributed by atoms with van der Waals surface area (Å²) in [7, 11) is 0. The van der Waals surface area contributed by atoms with Gasteiger partial charge in [0.15, 0.2) is 12.5 Å². The van der Waals surface area contributed by atoms with Crippen LogP contribution in [0.15, 0.2) is 24.5 Å². The molecule has 7 nitrogen and oxygen atoms in total. The van der Waals surface area contributed by atoms with Crippen LogP contribution in [0, 0.1) is 5.92 Å². The number of aldehydes is 1. The Bertz CT molecular complexity index is 871. The summed E-state index contributed by atoms with van der Waals surface area (Å²) >= 11 is 0. The van der Waals surface area contributed by atoms with Gasteiger partial charge in [-0.15, -0.1) is 0 Å². The lowest BCUT2D eigenvalue weighted by Crippen LogP contribution is -2.34. The number of ether oxygens (including phenoxy) is 1. The monoisotopic (exact) mass is 358 g/mol. The van der Waals surface area contributed by atoms with Crippen molar-refractivity contribution >= 4 is 29.0 Å². The minimum atomic E-state index is -1.53. The smallest absolute Gasteiger partial charge is 0.255 e. The van der Waals surface area contributed by atoms with Crippen LogP contribution in [-0.4, -0.2) is 41.0 Å². The van der Waals surface area contributed by atoms with Gasteiger partial charge in [0.25, 0.3) is 5.91 Å². The van der Waals surface area contributed by atoms with Gasteiger partial charge in [0.05, 0.1) is 17.1 Å². The Morgan fingerprint density at radius 3 is 2.96 bits per heavy atom. The van der Waals surface area contributed by atoms with E-state index in [0.717, 1.165) is 0 Å². The maximum absolute atomic E-state index is 13.9. The summed E-state index contributed by atoms with van der Waals surface area (Å²) in [6.45, 7) is 1.91. The number of nitrogens with zero attached hydrogens (tertiary/aromatic N) is 2. The molecule has 3 rings (SSSR count). The largest absolute Gasteiger partial charge is 0.475 e. The fourth-order valence-electron chi connectivity index (χ4n) is 3.20. The molecule has 1 amide bonds. The van der Waals surface area contributed by atoms with Gasteiger partial charge in [0.2, 0.25) is 5.88 Å². The molecule has 136 valence electrons. The summed E-state index contributed by atoms with van der Waals surface area (Å²) in [5.41, 5.74) is 6.18. The molecule has 1 fully saturated rings. The van der Waals surface area contributed by atoms with Gasteiger partial charge in [0.1, 0.15) is 12.3 Å². The number of nitrogens with two attached hydrogens (primary N) is 1. The average Bonchev–Trinajstić information content (AvgIpc) is 2.93. The fraction of sp³-hybridized carbons (Fsp3) is 0.333. The zero-order valence-electron chi connectivity index (χ0n) is 14.2. The molecule has 0 saturated carbocycles. The van der Waals surface area contributed by atoms with E-state index in [1.807, 2.05) is 6.92 Å². The third-order valence-corrected chi connectivity index (χ3v) is 4.47. The van der Waals surface area contributed by atoms with Crippen LogP contribution in [-0.2, 0) is 4.79 Å². The summed E-state index contributed by atoms with van der Waals surface area (Å²) in [4.78, 5) is 31.1. The molecule has 1 saturated heterocycles. The van der Waals surface area contributed by atoms with Crippen molar-refractivity contribution in [2.45, 2.75) is 25.6 Å². The molecule has 26 heavy (non-hydrogen) atoms. The van der Waals surface area contributed by atoms with Crippen LogP contribution in [0.3, 0.4) is 0 Å². The number of carbonyl (C=O) groups is 2. The highest BCUT2D eigenvalue weighted by Gasteiger charge is 2.41. The van der Waals surface area contributed by atoms with Crippen LogP contribution < -0.4 is 15.8 Å². The van der Waals surface area contributed by atoms with Gasteiger partial charge in [-0.2, -0.15) is 0 Å². The van der Waals surface area contributed by atoms with Gasteiger partial charge in [0, 0.05) is 12.1 Å². The van der Waals surface area contributed by atoms with E-state index >= 15 is 0 Å². The normalized spacial score (nSPS) is 22.7. The second-order valence-electron chi connectivity index (χ2n) is 6.02. The van der Waals surface area contributed by atoms with Crippen molar-refractivity contribution in [3.63, 3.8) is 0 Å². The molecule has 2 aromatic rings. The number of halogens is 1. The number of hydrogen-bond acceptors (Lipinski definition) is 6. The zero-order chi connectivity index (χ0) is 18.7. The average molecular weight is 358 g/mol. The van der Waals surface area contributed by atoms with E-state index in [1.165, 1.54) is 6.20 Å². The van der Waals surface area contributed by atoms with Crippen molar-refractivity contribution in [2.24, 2.45) is 11.7 Å². The number of pyridine rings is 2. The molecule has 3 atom stereocenters. The van der Waals surface area contributed by atoms with Gasteiger partial charge in [-0.3, -0.25) is 9.59 Å². The minimum Gasteiger partial charge on any atom is -0.475 e. The standard InChI is InChI=1S/C18H19FN4O3/c1-2-12-14(23-17(25)16(12)19)9-26-18-15-10(4-6-21-18)7-11(8-24)22-13(15)3-5-20/h3-8,12,14,16H,2,9,20H2,1H3,(H,23,25)/b5-3-. The topological polar surface area (TPSA) is 107 Å². The van der Waals surface area contributed by atoms with Crippen LogP contribution in [0.25, 0.3) is 16.8 Å². The molecule has 3 N–H and O–H groups in total. The minimum absolute atomic E-state index is 0.0813. The number of amides is 1. The van der Waals surface area contributed by atoms with Gasteiger partial charge in [-0.05, 0) is 36.2 Å². The van der Waals surface area contributed by atoms with Crippen LogP contribution in [0.2, 0.25) is 0 Å². The molecule has 0 bridgehead atoms. The number of hydrogen-bond donors (Lipinski definition) is 2. The van der Waals surface area contributed by atoms with Gasteiger partial charge < -0.3 is 15.8 Å². The Labute approximate surface area is 149 Å². The first-order valence-corrected chi connectivity index (χ1v) is 8.29. The molecular formula is C18H19FN4O3. The van der Waals surface area contributed by atoms with E-state index in [-0.39, 0.29) is 18.2 Å². The Hall–Kier alpha value is -3.03. The van der Waals surface area contributed by atoms with Crippen LogP contribution >= 0.6 is 0 Å². The number of fused-ring (bicyclic) bond motifs is 1. The van der Waals surface area contributed by atoms with Gasteiger partial charge in [-0.1, -0.05) is 6.92 Å². The number of alkyl halides is 1. The maximum atomic E-state index is 13.9. The van der Waals surface area contributed by atoms with Crippen molar-refractivity contribution < 1.29 is 18.7 Å². The number of nitrogens with one attached hydrogen (secondary N) is 1. The third-order valence-electron chi connectivity index (χ3n) is 4.47. The predicted octanol–water partition coefficient (Wildman–Crippen LogP) is 1.61. The summed E-state index contributed by atoms with van der Waals surface area (Å²) in [5.74, 6) is -0.770. The van der Waals surface area contributed by atoms with E-state index in [2.05, 4.69) is 15.3 Å². The van der Waals surface area contributed by atoms with E-state index in [0.29, 0.717) is 29.2 Å². The Morgan fingerprint density at radius 1 is 1.46 bits per heavy atom. The molecule has 2 aromatic heterocycles. The van der Waals surface area contributed by atoms with Gasteiger partial charge >= 0.3 is 0 Å². The van der Waals surface area contributed by atoms with Crippen LogP contribution in [0.1, 0.15) is 29.5 Å². The van der Waals surface area contributed by atoms with E-state index in [4.69, 9.17) is 10.5 Å². The molecule has 8 heteroatoms. The lowest BCUT2D eigenvalue weighted by atomic mass is 9.97. The van der Waals surface area contributed by atoms with Crippen molar-refractivity contribution in [2.75, 3.05) is 6.61 Å². The fourth-order valence-corrected chi connectivity index (χ4v) is 3.20. The second-order valence-corrected chi connectivity index (χ2v) is 6.02. The van der Waals surface area contributed by atoms with Crippen LogP contribution in [0.4, 0.5) is 4.39 Å². The first-order chi connectivity index (χ1) is 12.6. The lowest BCUT2D eigenvalue weighted by Gasteiger charge is -2.19. The summed E-state index contributed by atoms with van der Waals surface area (Å²) in [6.07, 6.45) is 4.04. The molecule has 1 aliphatic heterocycles. The predicted molar refractivity (Wildman–Crippen MR) is 94.2 cm³/mol. The highest BCUT2D eigenvalue weighted by atomic mass is 19.1. The van der Waals surface area contributed by atoms with Crippen molar-refractivity contribution in [3.05, 3.63) is 35.9 Å². The van der Waals surface area contributed by atoms with Crippen molar-refractivity contribution in [1.29, 1.82) is 0 Å². The Morgan fingerprint density at radius 2 is 2.27 bits per heavy atom. The maximum Gasteiger partial charge on any atom is 0.255 e. The summed E-state index contributed by atoms with van der Waals surface area (Å²) in [5, 5.41) is 3.92. The lowest BCUT2D eigenvalue weighted by molar-refractivity contribution is -0.123. The van der Waals surface area contributed by atoms with Gasteiger partial charge in [-0.25, -0.2) is 14.4 Å². The van der Waals surface area contributed by atoms with Crippen molar-refractivity contribution in [1.82, 2.24) is 15.3 Å². The molecule has 0 aliphatic carbocycles. The van der Waals surface area contributed by atoms with E-state index in [1.54, 1.807) is 24.4 Å². The molecule has 0 spiro atoms. The number of aromatic nitrogens is 2. The quantitative estimate of drug-likeness (QED) is 0.760. The highest BCUT2D eigenvalue weighted by Crippen LogP contribution is 2.29. The SMILES string of the molecule is CCC1C(COc2nccc3cc(C=O)nc(/C=C\N)c23)NC(=O)C1F. The molecule has 3 heterocycles.